The van der Waals surface area contributed by atoms with Gasteiger partial charge in [0.1, 0.15) is 12.2 Å². The average Bonchev–Trinajstić information content (AvgIpc) is 2.99. The van der Waals surface area contributed by atoms with Crippen LogP contribution in [0.4, 0.5) is 0 Å². The van der Waals surface area contributed by atoms with Gasteiger partial charge in [-0.1, -0.05) is 6.42 Å². The molecule has 2 aliphatic carbocycles. The minimum atomic E-state index is -1.23. The zero-order valence-electron chi connectivity index (χ0n) is 17.6. The van der Waals surface area contributed by atoms with Crippen LogP contribution in [-0.4, -0.2) is 66.3 Å². The lowest BCUT2D eigenvalue weighted by molar-refractivity contribution is -0.234. The summed E-state index contributed by atoms with van der Waals surface area (Å²) in [6.45, 7) is 4.78. The average molecular weight is 428 g/mol. The fourth-order valence-electron chi connectivity index (χ4n) is 4.54. The number of esters is 4. The molecule has 168 valence electrons. The monoisotopic (exact) mass is 428 g/mol. The van der Waals surface area contributed by atoms with Crippen LogP contribution in [-0.2, 0) is 47.6 Å². The van der Waals surface area contributed by atoms with Gasteiger partial charge in [0.25, 0.3) is 0 Å². The van der Waals surface area contributed by atoms with Gasteiger partial charge in [-0.15, -0.1) is 0 Å². The SMILES string of the molecule is CC(=O)OC1C(OC(C)=O)[C@@H]2OC3(CCCCC3)O[C@@H]2C(OC(C)=O)[C@@H]1OC(C)=O. The molecule has 0 bridgehead atoms. The van der Waals surface area contributed by atoms with Gasteiger partial charge in [-0.3, -0.25) is 19.2 Å². The van der Waals surface area contributed by atoms with Gasteiger partial charge in [-0.25, -0.2) is 0 Å². The Morgan fingerprint density at radius 2 is 0.933 bits per heavy atom. The van der Waals surface area contributed by atoms with E-state index in [0.29, 0.717) is 12.8 Å². The van der Waals surface area contributed by atoms with Crippen LogP contribution in [0.25, 0.3) is 0 Å². The summed E-state index contributed by atoms with van der Waals surface area (Å²) in [4.78, 5) is 47.3. The molecule has 6 atom stereocenters. The number of carbonyl (C=O) groups is 4. The highest BCUT2D eigenvalue weighted by molar-refractivity contribution is 5.69. The van der Waals surface area contributed by atoms with Crippen molar-refractivity contribution in [2.75, 3.05) is 0 Å². The highest BCUT2D eigenvalue weighted by Crippen LogP contribution is 2.47. The maximum atomic E-state index is 11.8. The molecule has 0 N–H and O–H groups in total. The predicted molar refractivity (Wildman–Crippen MR) is 97.8 cm³/mol. The van der Waals surface area contributed by atoms with Crippen molar-refractivity contribution in [3.63, 3.8) is 0 Å². The summed E-state index contributed by atoms with van der Waals surface area (Å²) in [6.07, 6.45) is -2.36. The quantitative estimate of drug-likeness (QED) is 0.476. The fraction of sp³-hybridized carbons (Fsp3) is 0.800. The van der Waals surface area contributed by atoms with E-state index in [0.717, 1.165) is 19.3 Å². The van der Waals surface area contributed by atoms with E-state index < -0.39 is 66.3 Å². The lowest BCUT2D eigenvalue weighted by Gasteiger charge is -2.44. The summed E-state index contributed by atoms with van der Waals surface area (Å²) < 4.78 is 34.2. The van der Waals surface area contributed by atoms with E-state index in [1.165, 1.54) is 27.7 Å². The van der Waals surface area contributed by atoms with E-state index in [1.807, 2.05) is 0 Å². The maximum Gasteiger partial charge on any atom is 0.303 e. The standard InChI is InChI=1S/C20H28O10/c1-10(21)25-14-15(26-11(2)22)17(28-13(4)24)19-18(16(14)27-12(3)23)29-20(30-19)8-6-5-7-9-20/h14-19H,5-9H2,1-4H3/t14-,15?,16?,17?,18-,19+/m1/s1. The van der Waals surface area contributed by atoms with Gasteiger partial charge in [-0.05, 0) is 12.8 Å². The Morgan fingerprint density at radius 1 is 0.600 bits per heavy atom. The summed E-state index contributed by atoms with van der Waals surface area (Å²) >= 11 is 0. The minimum absolute atomic E-state index is 0.621. The summed E-state index contributed by atoms with van der Waals surface area (Å²) in [7, 11) is 0. The van der Waals surface area contributed by atoms with Crippen LogP contribution >= 0.6 is 0 Å². The normalized spacial score (nSPS) is 34.5. The van der Waals surface area contributed by atoms with Crippen molar-refractivity contribution in [2.24, 2.45) is 0 Å². The summed E-state index contributed by atoms with van der Waals surface area (Å²) in [6, 6.07) is 0. The Bertz CT molecular complexity index is 646. The Hall–Kier alpha value is -2.20. The Balaban J connectivity index is 2.04. The van der Waals surface area contributed by atoms with Crippen LogP contribution in [0.2, 0.25) is 0 Å². The molecule has 1 heterocycles. The molecule has 3 unspecified atom stereocenters. The van der Waals surface area contributed by atoms with E-state index in [-0.39, 0.29) is 0 Å². The van der Waals surface area contributed by atoms with Crippen LogP contribution in [0.1, 0.15) is 59.8 Å². The first-order valence-electron chi connectivity index (χ1n) is 10.2. The molecule has 0 aromatic heterocycles. The summed E-state index contributed by atoms with van der Waals surface area (Å²) in [5.41, 5.74) is 0. The third kappa shape index (κ3) is 4.75. The molecule has 3 aliphatic rings. The molecule has 0 amide bonds. The molecule has 0 aromatic rings. The maximum absolute atomic E-state index is 11.8. The van der Waals surface area contributed by atoms with Crippen molar-refractivity contribution < 1.29 is 47.6 Å². The van der Waals surface area contributed by atoms with Crippen LogP contribution < -0.4 is 0 Å². The smallest absolute Gasteiger partial charge is 0.303 e. The van der Waals surface area contributed by atoms with Gasteiger partial charge < -0.3 is 28.4 Å². The molecule has 2 saturated carbocycles. The Morgan fingerprint density at radius 3 is 1.27 bits per heavy atom. The lowest BCUT2D eigenvalue weighted by Crippen LogP contribution is -2.66. The number of hydrogen-bond donors (Lipinski definition) is 0. The molecule has 1 saturated heterocycles. The van der Waals surface area contributed by atoms with Gasteiger partial charge in [-0.2, -0.15) is 0 Å². The van der Waals surface area contributed by atoms with E-state index >= 15 is 0 Å². The largest absolute Gasteiger partial charge is 0.456 e. The molecule has 1 spiro atoms. The molecule has 3 rings (SSSR count). The molecule has 0 aromatic carbocycles. The van der Waals surface area contributed by atoms with Crippen molar-refractivity contribution in [3.8, 4) is 0 Å². The number of rotatable bonds is 4. The Labute approximate surface area is 174 Å². The second kappa shape index (κ2) is 8.89. The second-order valence-corrected chi connectivity index (χ2v) is 7.93. The first-order chi connectivity index (χ1) is 14.1. The highest BCUT2D eigenvalue weighted by Gasteiger charge is 2.65. The lowest BCUT2D eigenvalue weighted by atomic mass is 9.84. The topological polar surface area (TPSA) is 124 Å². The van der Waals surface area contributed by atoms with Gasteiger partial charge >= 0.3 is 23.9 Å². The number of fused-ring (bicyclic) bond motifs is 1. The fourth-order valence-corrected chi connectivity index (χ4v) is 4.54. The van der Waals surface area contributed by atoms with Gasteiger partial charge in [0.2, 0.25) is 0 Å². The zero-order chi connectivity index (χ0) is 22.1. The molecule has 0 radical (unpaired) electrons. The molecule has 10 heteroatoms. The van der Waals surface area contributed by atoms with Crippen molar-refractivity contribution in [1.82, 2.24) is 0 Å². The number of hydrogen-bond acceptors (Lipinski definition) is 10. The summed E-state index contributed by atoms with van der Waals surface area (Å²) in [5.74, 6) is -3.54. The third-order valence-corrected chi connectivity index (χ3v) is 5.47. The molecule has 3 fully saturated rings. The second-order valence-electron chi connectivity index (χ2n) is 7.93. The van der Waals surface area contributed by atoms with Crippen molar-refractivity contribution >= 4 is 23.9 Å². The summed E-state index contributed by atoms with van der Waals surface area (Å²) in [5, 5.41) is 0. The van der Waals surface area contributed by atoms with E-state index in [9.17, 15) is 19.2 Å². The Kier molecular flexibility index (Phi) is 6.66. The van der Waals surface area contributed by atoms with Crippen LogP contribution in [0.5, 0.6) is 0 Å². The van der Waals surface area contributed by atoms with Crippen LogP contribution in [0.15, 0.2) is 0 Å². The van der Waals surface area contributed by atoms with Gasteiger partial charge in [0.05, 0.1) is 0 Å². The zero-order valence-corrected chi connectivity index (χ0v) is 17.6. The van der Waals surface area contributed by atoms with E-state index in [1.54, 1.807) is 0 Å². The molecule has 10 nitrogen and oxygen atoms in total. The van der Waals surface area contributed by atoms with Gasteiger partial charge in [0.15, 0.2) is 30.2 Å². The molecule has 30 heavy (non-hydrogen) atoms. The minimum Gasteiger partial charge on any atom is -0.456 e. The van der Waals surface area contributed by atoms with Crippen molar-refractivity contribution in [3.05, 3.63) is 0 Å². The van der Waals surface area contributed by atoms with Crippen LogP contribution in [0.3, 0.4) is 0 Å². The van der Waals surface area contributed by atoms with E-state index in [4.69, 9.17) is 28.4 Å². The first kappa shape index (κ1) is 22.5. The third-order valence-electron chi connectivity index (χ3n) is 5.47. The number of carbonyl (C=O) groups excluding carboxylic acids is 4. The molecular formula is C20H28O10. The first-order valence-corrected chi connectivity index (χ1v) is 10.2. The van der Waals surface area contributed by atoms with Crippen molar-refractivity contribution in [1.29, 1.82) is 0 Å². The van der Waals surface area contributed by atoms with Crippen LogP contribution in [0, 0.1) is 0 Å². The predicted octanol–water partition coefficient (Wildman–Crippen LogP) is 1.17. The van der Waals surface area contributed by atoms with Gasteiger partial charge in [0, 0.05) is 40.5 Å². The molecular weight excluding hydrogens is 400 g/mol. The number of ether oxygens (including phenoxy) is 6. The van der Waals surface area contributed by atoms with E-state index in [2.05, 4.69) is 0 Å². The molecule has 1 aliphatic heterocycles. The van der Waals surface area contributed by atoms with Crippen molar-refractivity contribution in [2.45, 2.75) is 102 Å². The highest BCUT2D eigenvalue weighted by atomic mass is 16.8.